The molecular weight excluding hydrogens is 338 g/mol. The predicted octanol–water partition coefficient (Wildman–Crippen LogP) is 4.86. The second-order valence-corrected chi connectivity index (χ2v) is 8.19. The van der Waals surface area contributed by atoms with E-state index in [-0.39, 0.29) is 5.91 Å². The number of amides is 1. The Morgan fingerprint density at radius 3 is 2.96 bits per heavy atom. The van der Waals surface area contributed by atoms with Crippen LogP contribution in [0.2, 0.25) is 0 Å². The molecule has 2 aromatic rings. The highest BCUT2D eigenvalue weighted by Crippen LogP contribution is 2.42. The Morgan fingerprint density at radius 2 is 2.08 bits per heavy atom. The highest BCUT2D eigenvalue weighted by molar-refractivity contribution is 8.03. The molecule has 5 heteroatoms. The maximum absolute atomic E-state index is 12.6. The lowest BCUT2D eigenvalue weighted by molar-refractivity contribution is -0.112. The molecule has 1 N–H and O–H groups in total. The van der Waals surface area contributed by atoms with Crippen molar-refractivity contribution in [2.75, 3.05) is 12.4 Å². The van der Waals surface area contributed by atoms with Crippen molar-refractivity contribution in [1.82, 2.24) is 0 Å². The minimum Gasteiger partial charge on any atom is -0.497 e. The van der Waals surface area contributed by atoms with E-state index in [0.717, 1.165) is 22.1 Å². The molecule has 0 spiro atoms. The van der Waals surface area contributed by atoms with E-state index in [1.807, 2.05) is 35.6 Å². The third-order valence-corrected chi connectivity index (χ3v) is 6.83. The van der Waals surface area contributed by atoms with Crippen LogP contribution in [-0.4, -0.2) is 13.0 Å². The third-order valence-electron chi connectivity index (χ3n) is 4.50. The van der Waals surface area contributed by atoms with Gasteiger partial charge in [-0.3, -0.25) is 4.79 Å². The number of ether oxygens (including phenoxy) is 1. The van der Waals surface area contributed by atoms with Crippen LogP contribution in [0.1, 0.15) is 33.7 Å². The molecular formula is C19H19NO2S2. The van der Waals surface area contributed by atoms with Crippen LogP contribution in [0.25, 0.3) is 6.08 Å². The van der Waals surface area contributed by atoms with Crippen molar-refractivity contribution in [3.8, 4) is 5.75 Å². The normalized spacial score (nSPS) is 16.0. The van der Waals surface area contributed by atoms with E-state index >= 15 is 0 Å². The molecule has 0 atom stereocenters. The van der Waals surface area contributed by atoms with Crippen molar-refractivity contribution >= 4 is 40.8 Å². The van der Waals surface area contributed by atoms with Gasteiger partial charge in [0, 0.05) is 27.3 Å². The topological polar surface area (TPSA) is 38.3 Å². The Hall–Kier alpha value is -1.72. The van der Waals surface area contributed by atoms with Crippen LogP contribution in [-0.2, 0) is 23.4 Å². The molecule has 1 aromatic heterocycles. The molecule has 2 aliphatic rings. The number of hydrogen-bond acceptors (Lipinski definition) is 4. The molecule has 0 fully saturated rings. The fraction of sp³-hybridized carbons (Fsp3) is 0.316. The van der Waals surface area contributed by atoms with Crippen molar-refractivity contribution in [3.63, 3.8) is 0 Å². The lowest BCUT2D eigenvalue weighted by atomic mass is 9.95. The molecule has 0 radical (unpaired) electrons. The Labute approximate surface area is 150 Å². The Bertz CT molecular complexity index is 823. The number of carbonyl (C=O) groups is 1. The van der Waals surface area contributed by atoms with Gasteiger partial charge in [-0.05, 0) is 55.0 Å². The number of hydrogen-bond donors (Lipinski definition) is 1. The van der Waals surface area contributed by atoms with Gasteiger partial charge in [0.25, 0.3) is 5.91 Å². The zero-order chi connectivity index (χ0) is 16.5. The number of thiophene rings is 1. The number of aryl methyl sites for hydroxylation is 1. The molecule has 0 bridgehead atoms. The van der Waals surface area contributed by atoms with E-state index < -0.39 is 0 Å². The summed E-state index contributed by atoms with van der Waals surface area (Å²) in [5.41, 5.74) is 3.80. The van der Waals surface area contributed by atoms with Gasteiger partial charge in [-0.2, -0.15) is 0 Å². The van der Waals surface area contributed by atoms with Crippen LogP contribution in [0, 0.1) is 0 Å². The number of benzene rings is 1. The van der Waals surface area contributed by atoms with Gasteiger partial charge in [-0.25, -0.2) is 0 Å². The number of thioether (sulfide) groups is 1. The van der Waals surface area contributed by atoms with Crippen LogP contribution < -0.4 is 10.1 Å². The Kier molecular flexibility index (Phi) is 4.37. The van der Waals surface area contributed by atoms with Crippen molar-refractivity contribution < 1.29 is 9.53 Å². The first-order valence-corrected chi connectivity index (χ1v) is 9.98. The molecule has 3 nitrogen and oxygen atoms in total. The zero-order valence-electron chi connectivity index (χ0n) is 13.6. The smallest absolute Gasteiger partial charge is 0.262 e. The lowest BCUT2D eigenvalue weighted by Gasteiger charge is -2.16. The maximum Gasteiger partial charge on any atom is 0.262 e. The van der Waals surface area contributed by atoms with Gasteiger partial charge in [0.15, 0.2) is 0 Å². The van der Waals surface area contributed by atoms with Gasteiger partial charge >= 0.3 is 0 Å². The molecule has 1 aliphatic carbocycles. The van der Waals surface area contributed by atoms with Crippen LogP contribution >= 0.6 is 23.1 Å². The second kappa shape index (κ2) is 6.65. The van der Waals surface area contributed by atoms with Crippen molar-refractivity contribution in [1.29, 1.82) is 0 Å². The molecule has 1 aliphatic heterocycles. The third kappa shape index (κ3) is 2.98. The van der Waals surface area contributed by atoms with Gasteiger partial charge in [0.1, 0.15) is 5.75 Å². The summed E-state index contributed by atoms with van der Waals surface area (Å²) in [5, 5.41) is 2.98. The quantitative estimate of drug-likeness (QED) is 0.852. The molecule has 0 saturated heterocycles. The SMILES string of the molecule is COc1cccc(NC(=O)C2=Cc3sc4c(c3CS2)CCCC4)c1. The van der Waals surface area contributed by atoms with E-state index in [4.69, 9.17) is 4.74 Å². The molecule has 24 heavy (non-hydrogen) atoms. The fourth-order valence-corrected chi connectivity index (χ4v) is 5.80. The van der Waals surface area contributed by atoms with Crippen molar-refractivity contribution in [3.05, 3.63) is 50.1 Å². The summed E-state index contributed by atoms with van der Waals surface area (Å²) in [4.78, 5) is 16.2. The van der Waals surface area contributed by atoms with Crippen LogP contribution in [0.5, 0.6) is 5.75 Å². The summed E-state index contributed by atoms with van der Waals surface area (Å²) >= 11 is 3.53. The number of fused-ring (bicyclic) bond motifs is 3. The van der Waals surface area contributed by atoms with Gasteiger partial charge in [-0.15, -0.1) is 23.1 Å². The molecule has 1 amide bonds. The average Bonchev–Trinajstić information content (AvgIpc) is 2.99. The lowest BCUT2D eigenvalue weighted by Crippen LogP contribution is -2.14. The van der Waals surface area contributed by atoms with Crippen molar-refractivity contribution in [2.45, 2.75) is 31.4 Å². The first-order valence-electron chi connectivity index (χ1n) is 8.18. The standard InChI is InChI=1S/C19H19NO2S2/c1-22-13-6-4-5-12(9-13)20-19(21)18-10-17-15(11-23-18)14-7-2-3-8-16(14)24-17/h4-6,9-10H,2-3,7-8,11H2,1H3,(H,20,21). The molecule has 1 aromatic carbocycles. The molecule has 124 valence electrons. The van der Waals surface area contributed by atoms with Crippen molar-refractivity contribution in [2.24, 2.45) is 0 Å². The number of anilines is 1. The van der Waals surface area contributed by atoms with E-state index in [1.54, 1.807) is 24.4 Å². The van der Waals surface area contributed by atoms with E-state index in [1.165, 1.54) is 41.0 Å². The molecule has 2 heterocycles. The van der Waals surface area contributed by atoms with E-state index in [9.17, 15) is 4.79 Å². The number of carbonyl (C=O) groups excluding carboxylic acids is 1. The summed E-state index contributed by atoms with van der Waals surface area (Å²) in [6, 6.07) is 7.46. The van der Waals surface area contributed by atoms with E-state index in [0.29, 0.717) is 0 Å². The van der Waals surface area contributed by atoms with Crippen LogP contribution in [0.3, 0.4) is 0 Å². The van der Waals surface area contributed by atoms with Gasteiger partial charge in [-0.1, -0.05) is 6.07 Å². The molecule has 0 unspecified atom stereocenters. The number of methoxy groups -OCH3 is 1. The minimum absolute atomic E-state index is 0.0368. The van der Waals surface area contributed by atoms with Gasteiger partial charge in [0.2, 0.25) is 0 Å². The maximum atomic E-state index is 12.6. The second-order valence-electron chi connectivity index (χ2n) is 6.04. The van der Waals surface area contributed by atoms with E-state index in [2.05, 4.69) is 11.4 Å². The monoisotopic (exact) mass is 357 g/mol. The Morgan fingerprint density at radius 1 is 1.21 bits per heavy atom. The van der Waals surface area contributed by atoms with Gasteiger partial charge < -0.3 is 10.1 Å². The molecule has 0 saturated carbocycles. The fourth-order valence-electron chi connectivity index (χ4n) is 3.26. The average molecular weight is 358 g/mol. The summed E-state index contributed by atoms with van der Waals surface area (Å²) in [6.07, 6.45) is 7.08. The highest BCUT2D eigenvalue weighted by atomic mass is 32.2. The summed E-state index contributed by atoms with van der Waals surface area (Å²) in [7, 11) is 1.63. The minimum atomic E-state index is -0.0368. The Balaban J connectivity index is 1.56. The first-order chi connectivity index (χ1) is 11.7. The molecule has 4 rings (SSSR count). The largest absolute Gasteiger partial charge is 0.497 e. The van der Waals surface area contributed by atoms with Crippen LogP contribution in [0.4, 0.5) is 5.69 Å². The predicted molar refractivity (Wildman–Crippen MR) is 102 cm³/mol. The first kappa shape index (κ1) is 15.8. The number of nitrogens with one attached hydrogen (secondary N) is 1. The summed E-state index contributed by atoms with van der Waals surface area (Å²) in [6.45, 7) is 0. The summed E-state index contributed by atoms with van der Waals surface area (Å²) < 4.78 is 5.21. The zero-order valence-corrected chi connectivity index (χ0v) is 15.2. The van der Waals surface area contributed by atoms with Crippen LogP contribution in [0.15, 0.2) is 29.2 Å². The summed E-state index contributed by atoms with van der Waals surface area (Å²) in [5.74, 6) is 1.62. The highest BCUT2D eigenvalue weighted by Gasteiger charge is 2.25. The number of rotatable bonds is 3. The van der Waals surface area contributed by atoms with Gasteiger partial charge in [0.05, 0.1) is 12.0 Å².